The normalized spacial score (nSPS) is 19.9. The maximum absolute atomic E-state index is 13.0. The summed E-state index contributed by atoms with van der Waals surface area (Å²) in [5.41, 5.74) is 14.5. The molecule has 2 aromatic rings. The summed E-state index contributed by atoms with van der Waals surface area (Å²) >= 11 is 1.39. The van der Waals surface area contributed by atoms with Gasteiger partial charge in [0, 0.05) is 25.7 Å². The lowest BCUT2D eigenvalue weighted by Gasteiger charge is -2.24. The Morgan fingerprint density at radius 2 is 2.21 bits per heavy atom. The van der Waals surface area contributed by atoms with Gasteiger partial charge in [-0.15, -0.1) is 0 Å². The van der Waals surface area contributed by atoms with Crippen molar-refractivity contribution in [3.05, 3.63) is 23.0 Å². The number of nitrogen functional groups attached to an aromatic ring is 1. The van der Waals surface area contributed by atoms with E-state index >= 15 is 0 Å². The number of hydrogen-bond donors (Lipinski definition) is 3. The van der Waals surface area contributed by atoms with Crippen LogP contribution in [0.4, 0.5) is 16.5 Å². The van der Waals surface area contributed by atoms with Crippen molar-refractivity contribution in [2.75, 3.05) is 29.0 Å². The molecule has 1 amide bonds. The molecule has 2 aliphatic rings. The number of nitrogens with two attached hydrogens (primary N) is 2. The molecule has 1 saturated heterocycles. The van der Waals surface area contributed by atoms with Gasteiger partial charge in [-0.1, -0.05) is 17.4 Å². The van der Waals surface area contributed by atoms with Crippen LogP contribution in [0.1, 0.15) is 60.9 Å². The molecule has 5 N–H and O–H groups in total. The molecule has 0 spiro atoms. The van der Waals surface area contributed by atoms with Gasteiger partial charge in [0.1, 0.15) is 15.7 Å². The first kappa shape index (κ1) is 19.9. The molecule has 8 nitrogen and oxygen atoms in total. The van der Waals surface area contributed by atoms with E-state index in [-0.39, 0.29) is 11.9 Å². The van der Waals surface area contributed by atoms with Crippen molar-refractivity contribution in [2.45, 2.75) is 58.0 Å². The van der Waals surface area contributed by atoms with Crippen molar-refractivity contribution < 1.29 is 4.79 Å². The van der Waals surface area contributed by atoms with Crippen molar-refractivity contribution >= 4 is 39.3 Å². The summed E-state index contributed by atoms with van der Waals surface area (Å²) in [5, 5.41) is 8.78. The van der Waals surface area contributed by atoms with Crippen molar-refractivity contribution in [1.29, 1.82) is 0 Å². The molecule has 156 valence electrons. The van der Waals surface area contributed by atoms with Gasteiger partial charge in [-0.05, 0) is 51.0 Å². The second-order valence-electron chi connectivity index (χ2n) is 7.68. The average molecular weight is 416 g/mol. The number of nitrogens with one attached hydrogen (secondary N) is 1. The molecule has 1 atom stereocenters. The topological polar surface area (TPSA) is 115 Å². The SMILES string of the molecule is CCn1ncc(NC(=O)c2nc(C3=CCCC3)sc2N)c1N1CCC[C@@H](N)CC1. The smallest absolute Gasteiger partial charge is 0.277 e. The summed E-state index contributed by atoms with van der Waals surface area (Å²) in [7, 11) is 0. The number of allylic oxidation sites excluding steroid dienone is 2. The maximum Gasteiger partial charge on any atom is 0.277 e. The van der Waals surface area contributed by atoms with Crippen molar-refractivity contribution in [1.82, 2.24) is 14.8 Å². The van der Waals surface area contributed by atoms with Crippen LogP contribution in [0.2, 0.25) is 0 Å². The monoisotopic (exact) mass is 415 g/mol. The quantitative estimate of drug-likeness (QED) is 0.691. The van der Waals surface area contributed by atoms with Crippen molar-refractivity contribution in [2.24, 2.45) is 5.73 Å². The van der Waals surface area contributed by atoms with Crippen LogP contribution in [-0.4, -0.2) is 39.8 Å². The molecule has 29 heavy (non-hydrogen) atoms. The molecular weight excluding hydrogens is 386 g/mol. The molecule has 4 rings (SSSR count). The third-order valence-electron chi connectivity index (χ3n) is 5.62. The first-order valence-electron chi connectivity index (χ1n) is 10.4. The summed E-state index contributed by atoms with van der Waals surface area (Å²) in [6.45, 7) is 4.53. The first-order valence-corrected chi connectivity index (χ1v) is 11.2. The van der Waals surface area contributed by atoms with Gasteiger partial charge in [0.25, 0.3) is 5.91 Å². The minimum absolute atomic E-state index is 0.231. The minimum Gasteiger partial charge on any atom is -0.389 e. The Bertz CT molecular complexity index is 916. The molecule has 1 aliphatic carbocycles. The van der Waals surface area contributed by atoms with E-state index in [4.69, 9.17) is 11.5 Å². The summed E-state index contributed by atoms with van der Waals surface area (Å²) in [6.07, 6.45) is 10.1. The number of amides is 1. The van der Waals surface area contributed by atoms with Crippen LogP contribution < -0.4 is 21.7 Å². The van der Waals surface area contributed by atoms with E-state index < -0.39 is 0 Å². The fourth-order valence-electron chi connectivity index (χ4n) is 4.04. The summed E-state index contributed by atoms with van der Waals surface area (Å²) in [4.78, 5) is 19.8. The molecule has 0 bridgehead atoms. The Kier molecular flexibility index (Phi) is 5.86. The molecule has 1 fully saturated rings. The van der Waals surface area contributed by atoms with Gasteiger partial charge in [-0.3, -0.25) is 4.79 Å². The Labute approximate surface area is 175 Å². The van der Waals surface area contributed by atoms with Crippen LogP contribution in [0.3, 0.4) is 0 Å². The largest absolute Gasteiger partial charge is 0.389 e. The molecule has 3 heterocycles. The third-order valence-corrected chi connectivity index (χ3v) is 6.58. The van der Waals surface area contributed by atoms with Gasteiger partial charge in [-0.2, -0.15) is 5.10 Å². The highest BCUT2D eigenvalue weighted by Crippen LogP contribution is 2.34. The molecular formula is C20H29N7OS. The van der Waals surface area contributed by atoms with Crippen LogP contribution in [0, 0.1) is 0 Å². The number of carbonyl (C=O) groups is 1. The first-order chi connectivity index (χ1) is 14.1. The lowest BCUT2D eigenvalue weighted by molar-refractivity contribution is 0.102. The highest BCUT2D eigenvalue weighted by Gasteiger charge is 2.24. The second-order valence-corrected chi connectivity index (χ2v) is 8.71. The van der Waals surface area contributed by atoms with Crippen LogP contribution in [0.25, 0.3) is 5.57 Å². The Hall–Kier alpha value is -2.39. The molecule has 0 aromatic carbocycles. The average Bonchev–Trinajstić information content (AvgIpc) is 3.41. The van der Waals surface area contributed by atoms with Gasteiger partial charge >= 0.3 is 0 Å². The van der Waals surface area contributed by atoms with Crippen LogP contribution in [-0.2, 0) is 6.54 Å². The van der Waals surface area contributed by atoms with E-state index in [1.807, 2.05) is 11.6 Å². The third kappa shape index (κ3) is 4.16. The van der Waals surface area contributed by atoms with Crippen molar-refractivity contribution in [3.63, 3.8) is 0 Å². The van der Waals surface area contributed by atoms with E-state index in [1.54, 1.807) is 6.20 Å². The highest BCUT2D eigenvalue weighted by molar-refractivity contribution is 7.17. The zero-order chi connectivity index (χ0) is 20.4. The predicted octanol–water partition coefficient (Wildman–Crippen LogP) is 3.08. The van der Waals surface area contributed by atoms with Crippen LogP contribution in [0.5, 0.6) is 0 Å². The number of anilines is 3. The number of aromatic nitrogens is 3. The van der Waals surface area contributed by atoms with Crippen LogP contribution >= 0.6 is 11.3 Å². The number of nitrogens with zero attached hydrogens (tertiary/aromatic N) is 4. The van der Waals surface area contributed by atoms with Crippen LogP contribution in [0.15, 0.2) is 12.3 Å². The Balaban J connectivity index is 1.56. The zero-order valence-electron chi connectivity index (χ0n) is 16.9. The van der Waals surface area contributed by atoms with E-state index in [2.05, 4.69) is 26.4 Å². The fraction of sp³-hybridized carbons (Fsp3) is 0.550. The predicted molar refractivity (Wildman–Crippen MR) is 118 cm³/mol. The number of hydrogen-bond acceptors (Lipinski definition) is 7. The summed E-state index contributed by atoms with van der Waals surface area (Å²) in [6, 6.07) is 0.231. The Morgan fingerprint density at radius 3 is 2.97 bits per heavy atom. The zero-order valence-corrected chi connectivity index (χ0v) is 17.7. The molecule has 0 radical (unpaired) electrons. The molecule has 9 heteroatoms. The van der Waals surface area contributed by atoms with Gasteiger partial charge in [0.2, 0.25) is 0 Å². The number of carbonyl (C=O) groups excluding carboxylic acids is 1. The number of rotatable bonds is 5. The summed E-state index contributed by atoms with van der Waals surface area (Å²) < 4.78 is 1.92. The highest BCUT2D eigenvalue weighted by atomic mass is 32.1. The summed E-state index contributed by atoms with van der Waals surface area (Å²) in [5.74, 6) is 0.648. The molecule has 2 aromatic heterocycles. The lowest BCUT2D eigenvalue weighted by Crippen LogP contribution is -2.29. The maximum atomic E-state index is 13.0. The fourth-order valence-corrected chi connectivity index (χ4v) is 4.94. The molecule has 0 saturated carbocycles. The Morgan fingerprint density at radius 1 is 1.34 bits per heavy atom. The van der Waals surface area contributed by atoms with E-state index in [0.29, 0.717) is 16.4 Å². The lowest BCUT2D eigenvalue weighted by atomic mass is 10.1. The van der Waals surface area contributed by atoms with Gasteiger partial charge in [0.05, 0.1) is 6.20 Å². The number of thiazole rings is 1. The van der Waals surface area contributed by atoms with Gasteiger partial charge < -0.3 is 21.7 Å². The molecule has 0 unspecified atom stereocenters. The van der Waals surface area contributed by atoms with E-state index in [0.717, 1.165) is 69.0 Å². The van der Waals surface area contributed by atoms with Crippen molar-refractivity contribution in [3.8, 4) is 0 Å². The van der Waals surface area contributed by atoms with Gasteiger partial charge in [-0.25, -0.2) is 9.67 Å². The second kappa shape index (κ2) is 8.54. The van der Waals surface area contributed by atoms with Gasteiger partial charge in [0.15, 0.2) is 11.5 Å². The van der Waals surface area contributed by atoms with E-state index in [1.165, 1.54) is 16.9 Å². The van der Waals surface area contributed by atoms with E-state index in [9.17, 15) is 4.79 Å². The standard InChI is InChI=1S/C20H29N7OS/c1-2-27-20(26-10-5-8-14(21)9-11-26)15(12-23-27)24-18(28)16-17(22)29-19(25-16)13-6-3-4-7-13/h6,12,14H,2-5,7-11,21-22H2,1H3,(H,24,28)/t14-/m1/s1. The number of aryl methyl sites for hydroxylation is 1. The molecule has 1 aliphatic heterocycles. The minimum atomic E-state index is -0.285.